The highest BCUT2D eigenvalue weighted by Crippen LogP contribution is 2.17. The molecule has 27 heavy (non-hydrogen) atoms. The molecule has 0 saturated heterocycles. The van der Waals surface area contributed by atoms with Crippen LogP contribution in [0.15, 0.2) is 83.3 Å². The molecule has 3 rings (SSSR count). The number of nitrogens with one attached hydrogen (secondary N) is 2. The average Bonchev–Trinajstić information content (AvgIpc) is 2.69. The lowest BCUT2D eigenvalue weighted by Gasteiger charge is -2.10. The van der Waals surface area contributed by atoms with Crippen molar-refractivity contribution < 1.29 is 9.53 Å². The summed E-state index contributed by atoms with van der Waals surface area (Å²) in [5.74, 6) is 0.684. The second-order valence-corrected chi connectivity index (χ2v) is 6.94. The number of hydrogen-bond acceptors (Lipinski definition) is 3. The molecule has 2 N–H and O–H groups in total. The second-order valence-electron chi connectivity index (χ2n) is 6.02. The Kier molecular flexibility index (Phi) is 6.88. The summed E-state index contributed by atoms with van der Waals surface area (Å²) < 4.78 is 6.73. The SMILES string of the molecule is O=C(CNc1cccc(Br)c1)Nc1ccc(OCCc2ccccc2)cc1. The van der Waals surface area contributed by atoms with Gasteiger partial charge in [-0.25, -0.2) is 0 Å². The molecule has 0 saturated carbocycles. The van der Waals surface area contributed by atoms with E-state index in [0.717, 1.165) is 28.0 Å². The number of anilines is 2. The summed E-state index contributed by atoms with van der Waals surface area (Å²) in [6.07, 6.45) is 0.862. The molecule has 0 aliphatic carbocycles. The van der Waals surface area contributed by atoms with Crippen LogP contribution >= 0.6 is 15.9 Å². The molecule has 1 amide bonds. The fraction of sp³-hybridized carbons (Fsp3) is 0.136. The van der Waals surface area contributed by atoms with Crippen LogP contribution in [-0.4, -0.2) is 19.1 Å². The normalized spacial score (nSPS) is 10.3. The Morgan fingerprint density at radius 3 is 2.41 bits per heavy atom. The predicted molar refractivity (Wildman–Crippen MR) is 113 cm³/mol. The molecule has 138 valence electrons. The van der Waals surface area contributed by atoms with Gasteiger partial charge in [-0.3, -0.25) is 4.79 Å². The topological polar surface area (TPSA) is 50.4 Å². The third-order valence-electron chi connectivity index (χ3n) is 3.92. The molecule has 3 aromatic carbocycles. The number of halogens is 1. The van der Waals surface area contributed by atoms with Gasteiger partial charge in [0.1, 0.15) is 5.75 Å². The van der Waals surface area contributed by atoms with E-state index < -0.39 is 0 Å². The summed E-state index contributed by atoms with van der Waals surface area (Å²) in [6, 6.07) is 25.3. The van der Waals surface area contributed by atoms with Crippen molar-refractivity contribution in [2.75, 3.05) is 23.8 Å². The molecule has 0 aromatic heterocycles. The molecule has 3 aromatic rings. The van der Waals surface area contributed by atoms with Crippen molar-refractivity contribution >= 4 is 33.2 Å². The predicted octanol–water partition coefficient (Wildman–Crippen LogP) is 5.12. The van der Waals surface area contributed by atoms with Crippen molar-refractivity contribution in [3.63, 3.8) is 0 Å². The largest absolute Gasteiger partial charge is 0.493 e. The van der Waals surface area contributed by atoms with E-state index in [4.69, 9.17) is 4.74 Å². The van der Waals surface area contributed by atoms with Crippen LogP contribution in [0.4, 0.5) is 11.4 Å². The van der Waals surface area contributed by atoms with Crippen molar-refractivity contribution in [2.24, 2.45) is 0 Å². The Labute approximate surface area is 167 Å². The van der Waals surface area contributed by atoms with Gasteiger partial charge in [0, 0.05) is 22.3 Å². The van der Waals surface area contributed by atoms with E-state index >= 15 is 0 Å². The van der Waals surface area contributed by atoms with Gasteiger partial charge in [0.2, 0.25) is 5.91 Å². The Hall–Kier alpha value is -2.79. The van der Waals surface area contributed by atoms with Crippen molar-refractivity contribution in [2.45, 2.75) is 6.42 Å². The number of rotatable bonds is 8. The highest BCUT2D eigenvalue weighted by atomic mass is 79.9. The van der Waals surface area contributed by atoms with Gasteiger partial charge in [-0.2, -0.15) is 0 Å². The Morgan fingerprint density at radius 2 is 1.67 bits per heavy atom. The summed E-state index contributed by atoms with van der Waals surface area (Å²) in [5, 5.41) is 5.96. The number of hydrogen-bond donors (Lipinski definition) is 2. The van der Waals surface area contributed by atoms with Crippen LogP contribution in [0.3, 0.4) is 0 Å². The fourth-order valence-electron chi connectivity index (χ4n) is 2.55. The van der Waals surface area contributed by atoms with E-state index in [1.165, 1.54) is 5.56 Å². The van der Waals surface area contributed by atoms with Crippen LogP contribution in [-0.2, 0) is 11.2 Å². The van der Waals surface area contributed by atoms with Crippen LogP contribution in [0.2, 0.25) is 0 Å². The summed E-state index contributed by atoms with van der Waals surface area (Å²) in [4.78, 5) is 12.1. The Balaban J connectivity index is 1.42. The first-order valence-corrected chi connectivity index (χ1v) is 9.54. The number of amides is 1. The molecule has 0 aliphatic heterocycles. The maximum absolute atomic E-state index is 12.1. The molecular formula is C22H21BrN2O2. The number of carbonyl (C=O) groups is 1. The highest BCUT2D eigenvalue weighted by molar-refractivity contribution is 9.10. The van der Waals surface area contributed by atoms with Crippen LogP contribution in [0, 0.1) is 0 Å². The zero-order valence-electron chi connectivity index (χ0n) is 14.8. The molecule has 0 aliphatic rings. The molecule has 0 bridgehead atoms. The third-order valence-corrected chi connectivity index (χ3v) is 4.41. The lowest BCUT2D eigenvalue weighted by Crippen LogP contribution is -2.21. The number of carbonyl (C=O) groups excluding carboxylic acids is 1. The van der Waals surface area contributed by atoms with E-state index in [9.17, 15) is 4.79 Å². The molecule has 0 heterocycles. The van der Waals surface area contributed by atoms with Crippen molar-refractivity contribution in [3.8, 4) is 5.75 Å². The quantitative estimate of drug-likeness (QED) is 0.527. The minimum Gasteiger partial charge on any atom is -0.493 e. The van der Waals surface area contributed by atoms with Crippen molar-refractivity contribution in [1.82, 2.24) is 0 Å². The lowest BCUT2D eigenvalue weighted by molar-refractivity contribution is -0.114. The van der Waals surface area contributed by atoms with Gasteiger partial charge in [-0.1, -0.05) is 52.3 Å². The van der Waals surface area contributed by atoms with Crippen LogP contribution < -0.4 is 15.4 Å². The van der Waals surface area contributed by atoms with Crippen molar-refractivity contribution in [3.05, 3.63) is 88.9 Å². The maximum atomic E-state index is 12.1. The molecule has 0 atom stereocenters. The number of ether oxygens (including phenoxy) is 1. The minimum absolute atomic E-state index is 0.104. The average molecular weight is 425 g/mol. The highest BCUT2D eigenvalue weighted by Gasteiger charge is 2.03. The van der Waals surface area contributed by atoms with Crippen LogP contribution in [0.1, 0.15) is 5.56 Å². The molecule has 0 spiro atoms. The van der Waals surface area contributed by atoms with Gasteiger partial charge >= 0.3 is 0 Å². The third kappa shape index (κ3) is 6.46. The van der Waals surface area contributed by atoms with Gasteiger partial charge in [-0.05, 0) is 48.0 Å². The molecule has 4 nitrogen and oxygen atoms in total. The molecule has 5 heteroatoms. The lowest BCUT2D eigenvalue weighted by atomic mass is 10.2. The first-order chi connectivity index (χ1) is 13.2. The van der Waals surface area contributed by atoms with E-state index in [1.807, 2.05) is 66.7 Å². The van der Waals surface area contributed by atoms with Crippen LogP contribution in [0.25, 0.3) is 0 Å². The summed E-state index contributed by atoms with van der Waals surface area (Å²) in [7, 11) is 0. The summed E-state index contributed by atoms with van der Waals surface area (Å²) in [6.45, 7) is 0.818. The van der Waals surface area contributed by atoms with Gasteiger partial charge in [0.25, 0.3) is 0 Å². The molecule has 0 radical (unpaired) electrons. The van der Waals surface area contributed by atoms with Gasteiger partial charge in [0.15, 0.2) is 0 Å². The van der Waals surface area contributed by atoms with Gasteiger partial charge in [0.05, 0.1) is 13.2 Å². The number of benzene rings is 3. The summed E-state index contributed by atoms with van der Waals surface area (Å²) >= 11 is 3.41. The van der Waals surface area contributed by atoms with E-state index in [1.54, 1.807) is 0 Å². The van der Waals surface area contributed by atoms with Crippen molar-refractivity contribution in [1.29, 1.82) is 0 Å². The Morgan fingerprint density at radius 1 is 0.889 bits per heavy atom. The zero-order chi connectivity index (χ0) is 18.9. The maximum Gasteiger partial charge on any atom is 0.243 e. The smallest absolute Gasteiger partial charge is 0.243 e. The molecular weight excluding hydrogens is 404 g/mol. The summed E-state index contributed by atoms with van der Waals surface area (Å²) in [5.41, 5.74) is 2.88. The second kappa shape index (κ2) is 9.78. The first kappa shape index (κ1) is 19.0. The van der Waals surface area contributed by atoms with Gasteiger partial charge in [-0.15, -0.1) is 0 Å². The van der Waals surface area contributed by atoms with E-state index in [0.29, 0.717) is 6.61 Å². The minimum atomic E-state index is -0.104. The van der Waals surface area contributed by atoms with Gasteiger partial charge < -0.3 is 15.4 Å². The molecule has 0 unspecified atom stereocenters. The van der Waals surface area contributed by atoms with Crippen LogP contribution in [0.5, 0.6) is 5.75 Å². The Bertz CT molecular complexity index is 867. The van der Waals surface area contributed by atoms with E-state index in [2.05, 4.69) is 38.7 Å². The molecule has 0 fully saturated rings. The van der Waals surface area contributed by atoms with E-state index in [-0.39, 0.29) is 12.5 Å². The first-order valence-electron chi connectivity index (χ1n) is 8.75. The fourth-order valence-corrected chi connectivity index (χ4v) is 2.95. The monoisotopic (exact) mass is 424 g/mol. The zero-order valence-corrected chi connectivity index (χ0v) is 16.4. The standard InChI is InChI=1S/C22H21BrN2O2/c23-18-7-4-8-20(15-18)24-16-22(26)25-19-9-11-21(12-10-19)27-14-13-17-5-2-1-3-6-17/h1-12,15,24H,13-14,16H2,(H,25,26).